The van der Waals surface area contributed by atoms with Gasteiger partial charge in [-0.2, -0.15) is 0 Å². The number of rotatable bonds is 9. The van der Waals surface area contributed by atoms with E-state index in [1.807, 2.05) is 0 Å². The van der Waals surface area contributed by atoms with E-state index in [4.69, 9.17) is 13.6 Å². The Morgan fingerprint density at radius 1 is 1.19 bits per heavy atom. The van der Waals surface area contributed by atoms with Gasteiger partial charge < -0.3 is 9.47 Å². The van der Waals surface area contributed by atoms with Gasteiger partial charge in [-0.15, -0.1) is 0 Å². The minimum Gasteiger partial charge on any atom is -0.481 e. The molecule has 7 heteroatoms. The van der Waals surface area contributed by atoms with Crippen LogP contribution in [-0.2, 0) is 0 Å². The van der Waals surface area contributed by atoms with E-state index in [1.54, 1.807) is 6.07 Å². The van der Waals surface area contributed by atoms with Crippen molar-refractivity contribution in [2.24, 2.45) is 11.8 Å². The van der Waals surface area contributed by atoms with Gasteiger partial charge in [0.15, 0.2) is 5.78 Å². The molecule has 0 aliphatic heterocycles. The molecule has 2 aromatic rings. The smallest absolute Gasteiger partial charge is 0.269 e. The first-order valence-electron chi connectivity index (χ1n) is 12.1. The van der Waals surface area contributed by atoms with Crippen LogP contribution in [0.25, 0.3) is 0 Å². The molecule has 1 saturated carbocycles. The normalized spacial score (nSPS) is 21.6. The van der Waals surface area contributed by atoms with Crippen molar-refractivity contribution < 1.29 is 27.2 Å². The Hall–Kier alpha value is -2.57. The molecule has 1 atom stereocenters. The average molecular weight is 436 g/mol. The van der Waals surface area contributed by atoms with Gasteiger partial charge in [-0.1, -0.05) is 13.3 Å². The third-order valence-electron chi connectivity index (χ3n) is 6.41. The number of pyridine rings is 2. The number of methoxy groups -OCH3 is 2. The molecule has 168 valence electrons. The summed E-state index contributed by atoms with van der Waals surface area (Å²) in [7, 11) is -1.25. The molecule has 31 heavy (non-hydrogen) atoms. The number of carbonyl (C=O) groups is 1. The monoisotopic (exact) mass is 435 g/mol. The lowest BCUT2D eigenvalue weighted by Crippen LogP contribution is -2.23. The third-order valence-corrected chi connectivity index (χ3v) is 6.41. The molecule has 5 nitrogen and oxygen atoms in total. The van der Waals surface area contributed by atoms with Crippen LogP contribution < -0.4 is 9.47 Å². The number of ketones is 1. The van der Waals surface area contributed by atoms with E-state index in [9.17, 15) is 13.6 Å². The summed E-state index contributed by atoms with van der Waals surface area (Å²) in [5.41, 5.74) is 0.902. The van der Waals surface area contributed by atoms with E-state index in [-0.39, 0.29) is 34.9 Å². The molecule has 2 aromatic heterocycles. The van der Waals surface area contributed by atoms with Crippen LogP contribution in [0.2, 0.25) is 0 Å². The van der Waals surface area contributed by atoms with Gasteiger partial charge in [0, 0.05) is 30.4 Å². The van der Waals surface area contributed by atoms with Gasteiger partial charge in [-0.25, -0.2) is 18.7 Å². The van der Waals surface area contributed by atoms with E-state index in [1.165, 1.54) is 31.6 Å². The highest BCUT2D eigenvalue weighted by Gasteiger charge is 2.32. The number of aromatic nitrogens is 2. The summed E-state index contributed by atoms with van der Waals surface area (Å²) >= 11 is 0. The van der Waals surface area contributed by atoms with Crippen LogP contribution in [0.5, 0.6) is 11.8 Å². The second kappa shape index (κ2) is 10.6. The zero-order chi connectivity index (χ0) is 24.9. The van der Waals surface area contributed by atoms with Crippen LogP contribution in [0.1, 0.15) is 83.4 Å². The predicted molar refractivity (Wildman–Crippen MR) is 114 cm³/mol. The molecule has 1 fully saturated rings. The van der Waals surface area contributed by atoms with E-state index in [2.05, 4.69) is 16.9 Å². The molecule has 3 rings (SSSR count). The number of Topliss-reactive ketones (excluding diaryl/α,β-unsaturated/α-hetero) is 1. The summed E-state index contributed by atoms with van der Waals surface area (Å²) < 4.78 is 58.6. The number of halogens is 2. The maximum Gasteiger partial charge on any atom is 0.269 e. The molecule has 1 aliphatic carbocycles. The summed E-state index contributed by atoms with van der Waals surface area (Å²) in [4.78, 5) is 20.7. The van der Waals surface area contributed by atoms with E-state index in [0.29, 0.717) is 23.5 Å². The topological polar surface area (TPSA) is 61.3 Å². The number of alkyl halides is 2. The van der Waals surface area contributed by atoms with Gasteiger partial charge in [-0.05, 0) is 61.1 Å². The molecule has 1 aliphatic rings. The van der Waals surface area contributed by atoms with Gasteiger partial charge in [0.1, 0.15) is 0 Å². The zero-order valence-corrected chi connectivity index (χ0v) is 17.8. The minimum absolute atomic E-state index is 0.0142. The average Bonchev–Trinajstić information content (AvgIpc) is 2.81. The first kappa shape index (κ1) is 19.1. The number of ether oxygens (including phenoxy) is 2. The predicted octanol–water partition coefficient (Wildman–Crippen LogP) is 6.00. The van der Waals surface area contributed by atoms with Crippen molar-refractivity contribution >= 4 is 5.78 Å². The van der Waals surface area contributed by atoms with Gasteiger partial charge >= 0.3 is 0 Å². The lowest BCUT2D eigenvalue weighted by atomic mass is 9.71. The van der Waals surface area contributed by atoms with Crippen LogP contribution >= 0.6 is 0 Å². The molecule has 0 saturated heterocycles. The molecule has 0 unspecified atom stereocenters. The first-order valence-corrected chi connectivity index (χ1v) is 10.6. The second-order valence-electron chi connectivity index (χ2n) is 8.02. The maximum atomic E-state index is 13.7. The molecule has 0 amide bonds. The van der Waals surface area contributed by atoms with Gasteiger partial charge in [-0.3, -0.25) is 4.79 Å². The van der Waals surface area contributed by atoms with Crippen molar-refractivity contribution in [1.82, 2.24) is 9.97 Å². The van der Waals surface area contributed by atoms with E-state index >= 15 is 0 Å². The van der Waals surface area contributed by atoms with Crippen LogP contribution in [0.3, 0.4) is 0 Å². The maximum absolute atomic E-state index is 13.7. The Kier molecular flexibility index (Phi) is 6.57. The Balaban J connectivity index is 1.62. The van der Waals surface area contributed by atoms with Crippen molar-refractivity contribution in [3.05, 3.63) is 47.3 Å². The molecule has 0 N–H and O–H groups in total. The number of carbonyl (C=O) groups excluding carboxylic acids is 1. The molecule has 0 aromatic carbocycles. The second-order valence-corrected chi connectivity index (χ2v) is 8.02. The molecule has 0 radical (unpaired) electrons. The zero-order valence-electron chi connectivity index (χ0n) is 20.8. The lowest BCUT2D eigenvalue weighted by molar-refractivity contribution is 0.0924. The Labute approximate surface area is 186 Å². The minimum atomic E-state index is -2.65. The van der Waals surface area contributed by atoms with Crippen LogP contribution in [0.4, 0.5) is 8.78 Å². The third kappa shape index (κ3) is 5.38. The lowest BCUT2D eigenvalue weighted by Gasteiger charge is -2.34. The highest BCUT2D eigenvalue weighted by atomic mass is 19.3. The van der Waals surface area contributed by atoms with Crippen molar-refractivity contribution in [2.45, 2.75) is 57.8 Å². The SMILES string of the molecule is [2H]C([2H])([2H])Oc1ccc(C(=O)C[C@@H](CC)C2CCC(c3ccnc(OC)c3C(F)F)CC2)cn1. The van der Waals surface area contributed by atoms with Crippen LogP contribution in [0, 0.1) is 11.8 Å². The van der Waals surface area contributed by atoms with E-state index < -0.39 is 13.5 Å². The molecular weight excluding hydrogens is 402 g/mol. The molecule has 0 spiro atoms. The summed E-state index contributed by atoms with van der Waals surface area (Å²) in [6.07, 6.45) is 4.65. The summed E-state index contributed by atoms with van der Waals surface area (Å²) in [5, 5.41) is 0. The Morgan fingerprint density at radius 3 is 2.55 bits per heavy atom. The summed E-state index contributed by atoms with van der Waals surface area (Å²) in [5.74, 6) is 0.387. The fourth-order valence-corrected chi connectivity index (χ4v) is 4.71. The highest BCUT2D eigenvalue weighted by Crippen LogP contribution is 2.44. The summed E-state index contributed by atoms with van der Waals surface area (Å²) in [6, 6.07) is 4.58. The van der Waals surface area contributed by atoms with Crippen LogP contribution in [-0.4, -0.2) is 29.9 Å². The summed E-state index contributed by atoms with van der Waals surface area (Å²) in [6.45, 7) is 2.05. The highest BCUT2D eigenvalue weighted by molar-refractivity contribution is 5.95. The van der Waals surface area contributed by atoms with Crippen molar-refractivity contribution in [2.75, 3.05) is 14.1 Å². The Morgan fingerprint density at radius 2 is 1.97 bits per heavy atom. The molecule has 2 heterocycles. The molecule has 0 bridgehead atoms. The number of hydrogen-bond acceptors (Lipinski definition) is 5. The van der Waals surface area contributed by atoms with Crippen LogP contribution in [0.15, 0.2) is 30.6 Å². The van der Waals surface area contributed by atoms with Gasteiger partial charge in [0.05, 0.1) is 23.8 Å². The van der Waals surface area contributed by atoms with E-state index in [0.717, 1.165) is 32.1 Å². The number of hydrogen-bond donors (Lipinski definition) is 0. The van der Waals surface area contributed by atoms with Gasteiger partial charge in [0.2, 0.25) is 11.8 Å². The molecular formula is C24H30F2N2O3. The quantitative estimate of drug-likeness (QED) is 0.452. The fraction of sp³-hybridized carbons (Fsp3) is 0.542. The standard InChI is InChI=1S/C24H30F2N2O3/c1-4-15(13-20(29)18-9-10-21(30-2)28-14-18)16-5-7-17(8-6-16)19-11-12-27-24(31-3)22(19)23(25)26/h9-12,14-17,23H,4-8,13H2,1-3H3/t15-,16?,17?/m1/s1/i2D3. The van der Waals surface area contributed by atoms with Crippen molar-refractivity contribution in [3.8, 4) is 11.8 Å². The van der Waals surface area contributed by atoms with Crippen molar-refractivity contribution in [1.29, 1.82) is 0 Å². The number of nitrogens with zero attached hydrogens (tertiary/aromatic N) is 2. The Bertz CT molecular complexity index is 963. The van der Waals surface area contributed by atoms with Crippen molar-refractivity contribution in [3.63, 3.8) is 0 Å². The largest absolute Gasteiger partial charge is 0.481 e. The first-order chi connectivity index (χ1) is 16.1. The fourth-order valence-electron chi connectivity index (χ4n) is 4.71. The van der Waals surface area contributed by atoms with Gasteiger partial charge in [0.25, 0.3) is 6.43 Å².